The number of nitrogens with zero attached hydrogens (tertiary/aromatic N) is 3. The molecule has 0 saturated heterocycles. The summed E-state index contributed by atoms with van der Waals surface area (Å²) in [5.74, 6) is -1.64. The molecule has 0 fully saturated rings. The molecule has 2 aromatic carbocycles. The predicted octanol–water partition coefficient (Wildman–Crippen LogP) is 2.12. The number of esters is 1. The van der Waals surface area contributed by atoms with Gasteiger partial charge in [-0.1, -0.05) is 30.3 Å². The number of nitro benzene ring substituents is 1. The van der Waals surface area contributed by atoms with E-state index in [-0.39, 0.29) is 29.2 Å². The van der Waals surface area contributed by atoms with Crippen molar-refractivity contribution >= 4 is 34.0 Å². The van der Waals surface area contributed by atoms with E-state index in [2.05, 4.69) is 10.4 Å². The number of benzene rings is 2. The number of ether oxygens (including phenoxy) is 1. The van der Waals surface area contributed by atoms with Crippen LogP contribution in [0.15, 0.2) is 53.3 Å². The number of rotatable bonds is 6. The molecule has 0 aliphatic rings. The van der Waals surface area contributed by atoms with Gasteiger partial charge in [-0.05, 0) is 19.1 Å². The molecule has 10 heteroatoms. The van der Waals surface area contributed by atoms with Crippen molar-refractivity contribution in [3.63, 3.8) is 0 Å². The lowest BCUT2D eigenvalue weighted by molar-refractivity contribution is -0.383. The smallest absolute Gasteiger partial charge is 0.359 e. The predicted molar refractivity (Wildman–Crippen MR) is 104 cm³/mol. The lowest BCUT2D eigenvalue weighted by Gasteiger charge is -2.10. The quantitative estimate of drug-likeness (QED) is 0.383. The van der Waals surface area contributed by atoms with E-state index in [4.69, 9.17) is 4.74 Å². The van der Waals surface area contributed by atoms with Gasteiger partial charge in [0.2, 0.25) is 0 Å². The first-order valence-electron chi connectivity index (χ1n) is 8.62. The van der Waals surface area contributed by atoms with E-state index < -0.39 is 23.4 Å². The van der Waals surface area contributed by atoms with Gasteiger partial charge in [-0.25, -0.2) is 9.48 Å². The molecule has 3 rings (SSSR count). The fraction of sp³-hybridized carbons (Fsp3) is 0.158. The summed E-state index contributed by atoms with van der Waals surface area (Å²) < 4.78 is 6.14. The van der Waals surface area contributed by atoms with Gasteiger partial charge in [0.1, 0.15) is 5.69 Å². The minimum absolute atomic E-state index is 0.0124. The highest BCUT2D eigenvalue weighted by atomic mass is 16.6. The molecule has 29 heavy (non-hydrogen) atoms. The average Bonchev–Trinajstić information content (AvgIpc) is 2.72. The van der Waals surface area contributed by atoms with Crippen LogP contribution in [0.25, 0.3) is 10.8 Å². The van der Waals surface area contributed by atoms with Crippen molar-refractivity contribution in [1.82, 2.24) is 9.78 Å². The van der Waals surface area contributed by atoms with Crippen LogP contribution in [-0.4, -0.2) is 33.2 Å². The highest BCUT2D eigenvalue weighted by Gasteiger charge is 2.20. The highest BCUT2D eigenvalue weighted by Crippen LogP contribution is 2.23. The molecular formula is C19H16N4O6. The van der Waals surface area contributed by atoms with Gasteiger partial charge in [0.05, 0.1) is 10.3 Å². The first-order chi connectivity index (χ1) is 13.9. The third-order valence-corrected chi connectivity index (χ3v) is 4.07. The van der Waals surface area contributed by atoms with Crippen LogP contribution in [0.2, 0.25) is 0 Å². The Hall–Kier alpha value is -4.08. The summed E-state index contributed by atoms with van der Waals surface area (Å²) in [6.07, 6.45) is 0. The average molecular weight is 396 g/mol. The number of carbonyl (C=O) groups is 2. The Morgan fingerprint density at radius 3 is 2.48 bits per heavy atom. The second-order valence-electron chi connectivity index (χ2n) is 5.91. The number of fused-ring (bicyclic) bond motifs is 1. The standard InChI is InChI=1S/C19H16N4O6/c1-2-22-18(25)13-8-4-3-7-12(13)17(21-22)19(26)29-11-16(24)20-14-9-5-6-10-15(14)23(27)28/h3-10H,2,11H2,1H3,(H,20,24). The van der Waals surface area contributed by atoms with Crippen LogP contribution in [0, 0.1) is 10.1 Å². The van der Waals surface area contributed by atoms with E-state index in [0.717, 1.165) is 4.68 Å². The number of amides is 1. The van der Waals surface area contributed by atoms with Crippen LogP contribution in [0.5, 0.6) is 0 Å². The third-order valence-electron chi connectivity index (χ3n) is 4.07. The maximum atomic E-state index is 12.5. The Morgan fingerprint density at radius 2 is 1.79 bits per heavy atom. The minimum Gasteiger partial charge on any atom is -0.451 e. The Labute approximate surface area is 163 Å². The van der Waals surface area contributed by atoms with Gasteiger partial charge >= 0.3 is 5.97 Å². The van der Waals surface area contributed by atoms with Gasteiger partial charge in [0.25, 0.3) is 17.2 Å². The summed E-state index contributed by atoms with van der Waals surface area (Å²) in [4.78, 5) is 47.2. The van der Waals surface area contributed by atoms with Crippen molar-refractivity contribution in [3.8, 4) is 0 Å². The molecule has 0 bridgehead atoms. The molecule has 0 aliphatic carbocycles. The van der Waals surface area contributed by atoms with Crippen molar-refractivity contribution in [2.24, 2.45) is 0 Å². The summed E-state index contributed by atoms with van der Waals surface area (Å²) in [6, 6.07) is 12.1. The number of nitrogens with one attached hydrogen (secondary N) is 1. The highest BCUT2D eigenvalue weighted by molar-refractivity contribution is 6.03. The summed E-state index contributed by atoms with van der Waals surface area (Å²) in [5.41, 5.74) is -0.731. The van der Waals surface area contributed by atoms with Gasteiger partial charge in [0.15, 0.2) is 12.3 Å². The number of carbonyl (C=O) groups excluding carboxylic acids is 2. The van der Waals surface area contributed by atoms with Crippen molar-refractivity contribution in [2.75, 3.05) is 11.9 Å². The second-order valence-corrected chi connectivity index (χ2v) is 5.91. The van der Waals surface area contributed by atoms with E-state index in [1.807, 2.05) is 0 Å². The first-order valence-corrected chi connectivity index (χ1v) is 8.62. The Morgan fingerprint density at radius 1 is 1.14 bits per heavy atom. The van der Waals surface area contributed by atoms with Gasteiger partial charge in [0, 0.05) is 18.0 Å². The van der Waals surface area contributed by atoms with E-state index in [1.165, 1.54) is 24.3 Å². The Balaban J connectivity index is 1.78. The van der Waals surface area contributed by atoms with E-state index in [0.29, 0.717) is 10.8 Å². The number of para-hydroxylation sites is 2. The lowest BCUT2D eigenvalue weighted by atomic mass is 10.1. The molecule has 0 atom stereocenters. The fourth-order valence-corrected chi connectivity index (χ4v) is 2.72. The number of hydrogen-bond acceptors (Lipinski definition) is 7. The topological polar surface area (TPSA) is 133 Å². The molecule has 1 N–H and O–H groups in total. The number of aryl methyl sites for hydroxylation is 1. The zero-order valence-corrected chi connectivity index (χ0v) is 15.3. The van der Waals surface area contributed by atoms with Crippen LogP contribution in [0.1, 0.15) is 17.4 Å². The zero-order chi connectivity index (χ0) is 21.0. The summed E-state index contributed by atoms with van der Waals surface area (Å²) in [6.45, 7) is 1.28. The largest absolute Gasteiger partial charge is 0.451 e. The van der Waals surface area contributed by atoms with Crippen LogP contribution in [-0.2, 0) is 16.1 Å². The monoisotopic (exact) mass is 396 g/mol. The molecule has 0 aliphatic heterocycles. The molecule has 10 nitrogen and oxygen atoms in total. The van der Waals surface area contributed by atoms with Gasteiger partial charge < -0.3 is 10.1 Å². The van der Waals surface area contributed by atoms with Crippen LogP contribution in [0.3, 0.4) is 0 Å². The summed E-state index contributed by atoms with van der Waals surface area (Å²) in [5, 5.41) is 18.0. The van der Waals surface area contributed by atoms with Crippen LogP contribution >= 0.6 is 0 Å². The molecule has 0 spiro atoms. The normalized spacial score (nSPS) is 10.5. The molecule has 148 valence electrons. The van der Waals surface area contributed by atoms with Crippen molar-refractivity contribution in [3.05, 3.63) is 74.7 Å². The Kier molecular flexibility index (Phi) is 5.63. The molecule has 0 radical (unpaired) electrons. The minimum atomic E-state index is -0.888. The number of hydrogen-bond donors (Lipinski definition) is 1. The van der Waals surface area contributed by atoms with Gasteiger partial charge in [-0.2, -0.15) is 5.10 Å². The van der Waals surface area contributed by atoms with Crippen molar-refractivity contribution in [2.45, 2.75) is 13.5 Å². The third kappa shape index (κ3) is 4.10. The van der Waals surface area contributed by atoms with E-state index in [1.54, 1.807) is 31.2 Å². The fourth-order valence-electron chi connectivity index (χ4n) is 2.72. The SMILES string of the molecule is CCn1nc(C(=O)OCC(=O)Nc2ccccc2[N+](=O)[O-])c2ccccc2c1=O. The van der Waals surface area contributed by atoms with Gasteiger partial charge in [-0.15, -0.1) is 0 Å². The van der Waals surface area contributed by atoms with E-state index >= 15 is 0 Å². The molecular weight excluding hydrogens is 380 g/mol. The molecule has 3 aromatic rings. The number of nitro groups is 1. The van der Waals surface area contributed by atoms with Gasteiger partial charge in [-0.3, -0.25) is 19.7 Å². The number of aromatic nitrogens is 2. The van der Waals surface area contributed by atoms with Crippen molar-refractivity contribution in [1.29, 1.82) is 0 Å². The molecule has 0 saturated carbocycles. The summed E-state index contributed by atoms with van der Waals surface area (Å²) in [7, 11) is 0. The summed E-state index contributed by atoms with van der Waals surface area (Å²) >= 11 is 0. The zero-order valence-electron chi connectivity index (χ0n) is 15.3. The lowest BCUT2D eigenvalue weighted by Crippen LogP contribution is -2.27. The molecule has 1 amide bonds. The Bertz CT molecular complexity index is 1170. The van der Waals surface area contributed by atoms with Crippen molar-refractivity contribution < 1.29 is 19.2 Å². The molecule has 1 aromatic heterocycles. The van der Waals surface area contributed by atoms with Crippen LogP contribution in [0.4, 0.5) is 11.4 Å². The molecule has 1 heterocycles. The maximum Gasteiger partial charge on any atom is 0.359 e. The molecule has 0 unspecified atom stereocenters. The maximum absolute atomic E-state index is 12.5. The van der Waals surface area contributed by atoms with Crippen LogP contribution < -0.4 is 10.9 Å². The second kappa shape index (κ2) is 8.30. The first kappa shape index (κ1) is 19.7. The van der Waals surface area contributed by atoms with E-state index in [9.17, 15) is 24.5 Å². The number of anilines is 1.